The molecule has 1 N–H and O–H groups in total. The maximum Gasteiger partial charge on any atom is 0.338 e. The maximum atomic E-state index is 15.4. The van der Waals surface area contributed by atoms with Crippen LogP contribution >= 0.6 is 0 Å². The highest BCUT2D eigenvalue weighted by atomic mass is 19.1. The van der Waals surface area contributed by atoms with Crippen molar-refractivity contribution in [3.8, 4) is 0 Å². The predicted molar refractivity (Wildman–Crippen MR) is 112 cm³/mol. The second kappa shape index (κ2) is 9.61. The molecule has 0 spiro atoms. The number of nitrogens with one attached hydrogen (secondary N) is 1. The van der Waals surface area contributed by atoms with E-state index in [1.165, 1.54) is 12.1 Å². The number of hydrogen-bond donors (Lipinski definition) is 1. The number of benzene rings is 2. The lowest BCUT2D eigenvalue weighted by molar-refractivity contribution is -0.0592. The molecule has 0 radical (unpaired) electrons. The van der Waals surface area contributed by atoms with Gasteiger partial charge in [-0.3, -0.25) is 14.3 Å². The van der Waals surface area contributed by atoms with Gasteiger partial charge in [0.25, 0.3) is 5.56 Å². The van der Waals surface area contributed by atoms with E-state index in [1.54, 1.807) is 48.5 Å². The van der Waals surface area contributed by atoms with Gasteiger partial charge in [0.05, 0.1) is 11.1 Å². The first kappa shape index (κ1) is 22.2. The Morgan fingerprint density at radius 1 is 0.939 bits per heavy atom. The van der Waals surface area contributed by atoms with E-state index in [9.17, 15) is 19.2 Å². The molecule has 2 heterocycles. The standard InChI is InChI=1S/C23H19FN2O7/c24-18-19(33-22(29)15-9-5-2-6-10-15)16(13-31-21(28)14-7-3-1-4-8-14)32-20(18)26-12-11-17(27)25-23(26)30/h1-12,16,18-20H,13H2,(H,25,27,30)/t16-,18-,19?,20-/m0/s1. The normalized spacial score (nSPS) is 22.0. The number of H-pyrrole nitrogens is 1. The molecule has 1 aliphatic rings. The number of rotatable bonds is 6. The molecule has 1 fully saturated rings. The lowest BCUT2D eigenvalue weighted by atomic mass is 10.1. The van der Waals surface area contributed by atoms with Crippen molar-refractivity contribution in [1.82, 2.24) is 9.55 Å². The zero-order valence-electron chi connectivity index (χ0n) is 17.1. The first-order valence-corrected chi connectivity index (χ1v) is 10.0. The highest BCUT2D eigenvalue weighted by molar-refractivity contribution is 5.90. The average molecular weight is 454 g/mol. The predicted octanol–water partition coefficient (Wildman–Crippen LogP) is 1.85. The summed E-state index contributed by atoms with van der Waals surface area (Å²) in [7, 11) is 0. The molecule has 1 aromatic heterocycles. The molecule has 33 heavy (non-hydrogen) atoms. The summed E-state index contributed by atoms with van der Waals surface area (Å²) in [4.78, 5) is 50.4. The van der Waals surface area contributed by atoms with Crippen LogP contribution in [0.1, 0.15) is 26.9 Å². The summed E-state index contributed by atoms with van der Waals surface area (Å²) < 4.78 is 32.5. The van der Waals surface area contributed by atoms with E-state index in [0.717, 1.165) is 16.8 Å². The van der Waals surface area contributed by atoms with Gasteiger partial charge in [-0.1, -0.05) is 36.4 Å². The molecule has 170 valence electrons. The van der Waals surface area contributed by atoms with E-state index in [0.29, 0.717) is 0 Å². The zero-order chi connectivity index (χ0) is 23.4. The highest BCUT2D eigenvalue weighted by Gasteiger charge is 2.49. The molecule has 0 aliphatic carbocycles. The summed E-state index contributed by atoms with van der Waals surface area (Å²) in [6.07, 6.45) is -5.10. The molecule has 3 aromatic rings. The number of aromatic nitrogens is 2. The Hall–Kier alpha value is -4.05. The second-order valence-corrected chi connectivity index (χ2v) is 7.23. The van der Waals surface area contributed by atoms with Crippen LogP contribution in [0, 0.1) is 0 Å². The first-order valence-electron chi connectivity index (χ1n) is 10.0. The fourth-order valence-electron chi connectivity index (χ4n) is 3.40. The van der Waals surface area contributed by atoms with Crippen molar-refractivity contribution in [3.63, 3.8) is 0 Å². The quantitative estimate of drug-likeness (QED) is 0.565. The Balaban J connectivity index is 1.56. The van der Waals surface area contributed by atoms with Crippen LogP contribution in [0.15, 0.2) is 82.5 Å². The summed E-state index contributed by atoms with van der Waals surface area (Å²) in [6.45, 7) is -0.435. The van der Waals surface area contributed by atoms with E-state index in [1.807, 2.05) is 4.98 Å². The minimum absolute atomic E-state index is 0.189. The Morgan fingerprint density at radius 2 is 1.55 bits per heavy atom. The van der Waals surface area contributed by atoms with Crippen molar-refractivity contribution in [2.24, 2.45) is 0 Å². The van der Waals surface area contributed by atoms with Crippen LogP contribution in [0.3, 0.4) is 0 Å². The third kappa shape index (κ3) is 4.90. The van der Waals surface area contributed by atoms with Gasteiger partial charge in [-0.25, -0.2) is 18.8 Å². The summed E-state index contributed by atoms with van der Waals surface area (Å²) in [5, 5.41) is 0. The summed E-state index contributed by atoms with van der Waals surface area (Å²) >= 11 is 0. The summed E-state index contributed by atoms with van der Waals surface area (Å²) in [6, 6.07) is 17.1. The van der Waals surface area contributed by atoms with Crippen LogP contribution < -0.4 is 11.2 Å². The van der Waals surface area contributed by atoms with E-state index >= 15 is 4.39 Å². The van der Waals surface area contributed by atoms with Gasteiger partial charge in [-0.2, -0.15) is 0 Å². The second-order valence-electron chi connectivity index (χ2n) is 7.23. The van der Waals surface area contributed by atoms with Crippen LogP contribution in [-0.4, -0.2) is 46.5 Å². The van der Waals surface area contributed by atoms with Gasteiger partial charge in [0.1, 0.15) is 12.7 Å². The lowest BCUT2D eigenvalue weighted by Crippen LogP contribution is -2.38. The van der Waals surface area contributed by atoms with Crippen molar-refractivity contribution in [2.45, 2.75) is 24.6 Å². The van der Waals surface area contributed by atoms with E-state index in [2.05, 4.69) is 0 Å². The molecule has 2 aromatic carbocycles. The van der Waals surface area contributed by atoms with Gasteiger partial charge in [0.2, 0.25) is 0 Å². The summed E-state index contributed by atoms with van der Waals surface area (Å²) in [5.41, 5.74) is -1.09. The molecular formula is C23H19FN2O7. The van der Waals surface area contributed by atoms with E-state index in [4.69, 9.17) is 14.2 Å². The third-order valence-electron chi connectivity index (χ3n) is 5.03. The van der Waals surface area contributed by atoms with E-state index < -0.39 is 54.4 Å². The number of nitrogens with zero attached hydrogens (tertiary/aromatic N) is 1. The van der Waals surface area contributed by atoms with Crippen molar-refractivity contribution in [1.29, 1.82) is 0 Å². The number of carbonyl (C=O) groups is 2. The zero-order valence-corrected chi connectivity index (χ0v) is 17.1. The molecule has 0 saturated carbocycles. The molecule has 10 heteroatoms. The summed E-state index contributed by atoms with van der Waals surface area (Å²) in [5.74, 6) is -1.48. The van der Waals surface area contributed by atoms with Crippen LogP contribution in [0.2, 0.25) is 0 Å². The average Bonchev–Trinajstić information content (AvgIpc) is 3.13. The number of halogens is 1. The minimum atomic E-state index is -1.98. The van der Waals surface area contributed by atoms with Crippen LogP contribution in [0.25, 0.3) is 0 Å². The monoisotopic (exact) mass is 454 g/mol. The van der Waals surface area contributed by atoms with E-state index in [-0.39, 0.29) is 11.1 Å². The number of esters is 2. The highest BCUT2D eigenvalue weighted by Crippen LogP contribution is 2.33. The lowest BCUT2D eigenvalue weighted by Gasteiger charge is -2.19. The molecule has 0 amide bonds. The molecule has 1 saturated heterocycles. The number of alkyl halides is 1. The molecule has 1 aliphatic heterocycles. The van der Waals surface area contributed by atoms with Gasteiger partial charge in [-0.15, -0.1) is 0 Å². The fourth-order valence-corrected chi connectivity index (χ4v) is 3.40. The number of ether oxygens (including phenoxy) is 3. The van der Waals surface area contributed by atoms with Crippen LogP contribution in [-0.2, 0) is 14.2 Å². The van der Waals surface area contributed by atoms with Gasteiger partial charge in [0.15, 0.2) is 18.5 Å². The van der Waals surface area contributed by atoms with Gasteiger partial charge >= 0.3 is 17.6 Å². The van der Waals surface area contributed by atoms with Crippen LogP contribution in [0.5, 0.6) is 0 Å². The molecule has 0 bridgehead atoms. The molecule has 4 atom stereocenters. The minimum Gasteiger partial charge on any atom is -0.459 e. The van der Waals surface area contributed by atoms with Crippen molar-refractivity contribution < 1.29 is 28.2 Å². The van der Waals surface area contributed by atoms with Crippen molar-refractivity contribution in [2.75, 3.05) is 6.61 Å². The largest absolute Gasteiger partial charge is 0.459 e. The van der Waals surface area contributed by atoms with Gasteiger partial charge in [0, 0.05) is 12.3 Å². The smallest absolute Gasteiger partial charge is 0.338 e. The molecular weight excluding hydrogens is 435 g/mol. The van der Waals surface area contributed by atoms with Gasteiger partial charge in [-0.05, 0) is 24.3 Å². The van der Waals surface area contributed by atoms with Gasteiger partial charge < -0.3 is 14.2 Å². The maximum absolute atomic E-state index is 15.4. The van der Waals surface area contributed by atoms with Crippen molar-refractivity contribution in [3.05, 3.63) is 105 Å². The number of aromatic amines is 1. The Bertz CT molecular complexity index is 1240. The topological polar surface area (TPSA) is 117 Å². The number of hydrogen-bond acceptors (Lipinski definition) is 7. The molecule has 4 rings (SSSR count). The SMILES string of the molecule is O=C(OC[C@@H]1O[C@H](n2ccc(=O)[nH]c2=O)[C@@H](F)C1OC(=O)c1ccccc1)c1ccccc1. The number of carbonyl (C=O) groups excluding carboxylic acids is 2. The Kier molecular flexibility index (Phi) is 6.45. The van der Waals surface area contributed by atoms with Crippen molar-refractivity contribution >= 4 is 11.9 Å². The first-order chi connectivity index (χ1) is 15.9. The Labute approximate surface area is 186 Å². The van der Waals surface area contributed by atoms with Crippen LogP contribution in [0.4, 0.5) is 4.39 Å². The Morgan fingerprint density at radius 3 is 2.15 bits per heavy atom. The molecule has 9 nitrogen and oxygen atoms in total. The third-order valence-corrected chi connectivity index (χ3v) is 5.03. The molecule has 1 unspecified atom stereocenters. The fraction of sp³-hybridized carbons (Fsp3) is 0.217.